The summed E-state index contributed by atoms with van der Waals surface area (Å²) in [5, 5.41) is 3.68. The fourth-order valence-electron chi connectivity index (χ4n) is 3.84. The molecule has 0 radical (unpaired) electrons. The monoisotopic (exact) mass is 355 g/mol. The summed E-state index contributed by atoms with van der Waals surface area (Å²) < 4.78 is 25.7. The zero-order valence-electron chi connectivity index (χ0n) is 14.9. The van der Waals surface area contributed by atoms with Gasteiger partial charge in [-0.15, -0.1) is 0 Å². The van der Waals surface area contributed by atoms with Crippen molar-refractivity contribution in [2.75, 3.05) is 46.3 Å². The number of likely N-dealkylation sites (tertiary alicyclic amines) is 1. The molecule has 8 heteroatoms. The van der Waals surface area contributed by atoms with Crippen LogP contribution in [0, 0.1) is 5.92 Å². The third-order valence-corrected chi connectivity index (χ3v) is 5.65. The number of halogens is 2. The van der Waals surface area contributed by atoms with Crippen LogP contribution in [0.1, 0.15) is 36.8 Å². The maximum absolute atomic E-state index is 12.6. The number of piperazine rings is 1. The van der Waals surface area contributed by atoms with Crippen molar-refractivity contribution in [1.82, 2.24) is 24.5 Å². The van der Waals surface area contributed by atoms with Gasteiger partial charge in [-0.05, 0) is 38.8 Å². The van der Waals surface area contributed by atoms with Crippen LogP contribution in [0.5, 0.6) is 0 Å². The third-order valence-electron chi connectivity index (χ3n) is 5.65. The van der Waals surface area contributed by atoms with Crippen molar-refractivity contribution in [1.29, 1.82) is 0 Å². The van der Waals surface area contributed by atoms with Crippen molar-refractivity contribution in [2.24, 2.45) is 5.92 Å². The second kappa shape index (κ2) is 7.78. The molecule has 0 aromatic carbocycles. The first-order valence-electron chi connectivity index (χ1n) is 9.01. The molecule has 3 rings (SSSR count). The molecule has 1 atom stereocenters. The topological polar surface area (TPSA) is 44.6 Å². The highest BCUT2D eigenvalue weighted by Crippen LogP contribution is 2.25. The van der Waals surface area contributed by atoms with Crippen LogP contribution in [0.15, 0.2) is 12.3 Å². The molecule has 2 aliphatic heterocycles. The molecule has 0 aliphatic carbocycles. The lowest BCUT2D eigenvalue weighted by atomic mass is 9.89. The van der Waals surface area contributed by atoms with E-state index in [0.29, 0.717) is 29.7 Å². The Morgan fingerprint density at radius 1 is 1.16 bits per heavy atom. The van der Waals surface area contributed by atoms with Crippen LogP contribution in [0.4, 0.5) is 8.78 Å². The molecule has 1 amide bonds. The Morgan fingerprint density at radius 3 is 2.36 bits per heavy atom. The van der Waals surface area contributed by atoms with Gasteiger partial charge in [-0.25, -0.2) is 4.68 Å². The molecule has 140 valence electrons. The molecule has 1 unspecified atom stereocenters. The van der Waals surface area contributed by atoms with E-state index >= 15 is 0 Å². The highest BCUT2D eigenvalue weighted by atomic mass is 19.3. The molecular weight excluding hydrogens is 328 g/mol. The van der Waals surface area contributed by atoms with E-state index in [-0.39, 0.29) is 11.6 Å². The number of hydrogen-bond donors (Lipinski definition) is 0. The molecule has 1 aromatic heterocycles. The van der Waals surface area contributed by atoms with Gasteiger partial charge in [0.2, 0.25) is 0 Å². The number of piperidine rings is 1. The Balaban J connectivity index is 1.51. The van der Waals surface area contributed by atoms with Gasteiger partial charge >= 0.3 is 6.55 Å². The molecule has 0 N–H and O–H groups in total. The predicted molar refractivity (Wildman–Crippen MR) is 90.6 cm³/mol. The molecule has 2 saturated heterocycles. The Labute approximate surface area is 147 Å². The smallest absolute Gasteiger partial charge is 0.333 e. The van der Waals surface area contributed by atoms with Gasteiger partial charge in [-0.3, -0.25) is 9.69 Å². The van der Waals surface area contributed by atoms with Crippen molar-refractivity contribution in [2.45, 2.75) is 32.4 Å². The maximum Gasteiger partial charge on any atom is 0.333 e. The second-order valence-corrected chi connectivity index (χ2v) is 7.17. The summed E-state index contributed by atoms with van der Waals surface area (Å²) in [5.41, 5.74) is 0.103. The van der Waals surface area contributed by atoms with Gasteiger partial charge < -0.3 is 9.80 Å². The van der Waals surface area contributed by atoms with Crippen molar-refractivity contribution in [3.8, 4) is 0 Å². The predicted octanol–water partition coefficient (Wildman–Crippen LogP) is 1.77. The van der Waals surface area contributed by atoms with Gasteiger partial charge in [0.25, 0.3) is 5.91 Å². The van der Waals surface area contributed by atoms with E-state index in [1.807, 2.05) is 0 Å². The highest BCUT2D eigenvalue weighted by Gasteiger charge is 2.31. The fraction of sp³-hybridized carbons (Fsp3) is 0.765. The second-order valence-electron chi connectivity index (χ2n) is 7.17. The van der Waals surface area contributed by atoms with Gasteiger partial charge in [-0.2, -0.15) is 13.9 Å². The summed E-state index contributed by atoms with van der Waals surface area (Å²) in [6.45, 7) is 5.33. The number of amides is 1. The minimum Gasteiger partial charge on any atom is -0.337 e. The van der Waals surface area contributed by atoms with E-state index in [4.69, 9.17) is 0 Å². The van der Waals surface area contributed by atoms with E-state index in [9.17, 15) is 13.6 Å². The Bertz CT molecular complexity index is 577. The van der Waals surface area contributed by atoms with E-state index in [1.165, 1.54) is 6.07 Å². The Kier molecular flexibility index (Phi) is 5.68. The molecule has 25 heavy (non-hydrogen) atoms. The maximum atomic E-state index is 12.6. The van der Waals surface area contributed by atoms with E-state index in [0.717, 1.165) is 45.2 Å². The number of carbonyl (C=O) groups excluding carboxylic acids is 1. The Hall–Kier alpha value is -1.54. The molecule has 3 heterocycles. The first-order chi connectivity index (χ1) is 12.0. The first-order valence-corrected chi connectivity index (χ1v) is 9.01. The quantitative estimate of drug-likeness (QED) is 0.826. The van der Waals surface area contributed by atoms with Crippen LogP contribution in [0.25, 0.3) is 0 Å². The summed E-state index contributed by atoms with van der Waals surface area (Å²) in [5.74, 6) is 0.330. The van der Waals surface area contributed by atoms with Crippen LogP contribution in [0.2, 0.25) is 0 Å². The molecular formula is C17H27F2N5O. The van der Waals surface area contributed by atoms with Crippen molar-refractivity contribution in [3.05, 3.63) is 18.0 Å². The van der Waals surface area contributed by atoms with Crippen LogP contribution in [-0.4, -0.2) is 82.7 Å². The van der Waals surface area contributed by atoms with Gasteiger partial charge in [0.05, 0.1) is 0 Å². The fourth-order valence-corrected chi connectivity index (χ4v) is 3.84. The van der Waals surface area contributed by atoms with Gasteiger partial charge in [0.1, 0.15) is 0 Å². The number of rotatable bonds is 4. The molecule has 0 saturated carbocycles. The lowest BCUT2D eigenvalue weighted by Gasteiger charge is -2.42. The van der Waals surface area contributed by atoms with E-state index in [1.54, 1.807) is 4.90 Å². The van der Waals surface area contributed by atoms with Crippen molar-refractivity contribution >= 4 is 5.91 Å². The van der Waals surface area contributed by atoms with E-state index < -0.39 is 6.55 Å². The number of alkyl halides is 2. The number of hydrogen-bond acceptors (Lipinski definition) is 4. The molecule has 1 aromatic rings. The van der Waals surface area contributed by atoms with Crippen LogP contribution >= 0.6 is 0 Å². The van der Waals surface area contributed by atoms with Gasteiger partial charge in [0, 0.05) is 51.5 Å². The van der Waals surface area contributed by atoms with Crippen LogP contribution in [-0.2, 0) is 0 Å². The Morgan fingerprint density at radius 2 is 1.80 bits per heavy atom. The van der Waals surface area contributed by atoms with Crippen LogP contribution < -0.4 is 0 Å². The van der Waals surface area contributed by atoms with Crippen LogP contribution in [0.3, 0.4) is 0 Å². The van der Waals surface area contributed by atoms with Gasteiger partial charge in [0.15, 0.2) is 5.69 Å². The average molecular weight is 355 g/mol. The van der Waals surface area contributed by atoms with Gasteiger partial charge in [-0.1, -0.05) is 0 Å². The summed E-state index contributed by atoms with van der Waals surface area (Å²) in [7, 11) is 2.15. The lowest BCUT2D eigenvalue weighted by Crippen LogP contribution is -2.52. The average Bonchev–Trinajstić information content (AvgIpc) is 3.12. The number of carbonyl (C=O) groups is 1. The third kappa shape index (κ3) is 4.17. The summed E-state index contributed by atoms with van der Waals surface area (Å²) in [4.78, 5) is 19.1. The van der Waals surface area contributed by atoms with Crippen molar-refractivity contribution in [3.63, 3.8) is 0 Å². The summed E-state index contributed by atoms with van der Waals surface area (Å²) in [6.07, 6.45) is 3.06. The molecule has 6 nitrogen and oxygen atoms in total. The SMILES string of the molecule is CC(C1CCN(C(=O)c2ccn(C(F)F)n2)CC1)N1CCN(C)CC1. The number of aromatic nitrogens is 2. The minimum absolute atomic E-state index is 0.103. The summed E-state index contributed by atoms with van der Waals surface area (Å²) in [6, 6.07) is 1.89. The number of nitrogens with zero attached hydrogens (tertiary/aromatic N) is 5. The minimum atomic E-state index is -2.71. The number of likely N-dealkylation sites (N-methyl/N-ethyl adjacent to an activating group) is 1. The normalized spacial score (nSPS) is 22.5. The molecule has 0 spiro atoms. The largest absolute Gasteiger partial charge is 0.337 e. The lowest BCUT2D eigenvalue weighted by molar-refractivity contribution is 0.0476. The first kappa shape index (κ1) is 18.3. The molecule has 2 fully saturated rings. The standard InChI is InChI=1S/C17H27F2N5O/c1-13(22-11-9-21(2)10-12-22)14-3-6-23(7-4-14)16(25)15-5-8-24(20-15)17(18)19/h5,8,13-14,17H,3-4,6-7,9-12H2,1-2H3. The molecule has 2 aliphatic rings. The summed E-state index contributed by atoms with van der Waals surface area (Å²) >= 11 is 0. The zero-order chi connectivity index (χ0) is 18.0. The van der Waals surface area contributed by atoms with E-state index in [2.05, 4.69) is 28.9 Å². The zero-order valence-corrected chi connectivity index (χ0v) is 14.9. The highest BCUT2D eigenvalue weighted by molar-refractivity contribution is 5.92. The molecule has 0 bridgehead atoms. The van der Waals surface area contributed by atoms with Crippen molar-refractivity contribution < 1.29 is 13.6 Å².